The molecule has 1 aromatic carbocycles. The van der Waals surface area contributed by atoms with E-state index in [1.165, 1.54) is 38.5 Å². The fourth-order valence-electron chi connectivity index (χ4n) is 4.03. The first-order valence-corrected chi connectivity index (χ1v) is 11.0. The average Bonchev–Trinajstić information content (AvgIpc) is 2.88. The average molecular weight is 525 g/mol. The second-order valence-electron chi connectivity index (χ2n) is 8.26. The highest BCUT2D eigenvalue weighted by Gasteiger charge is 2.35. The normalized spacial score (nSPS) is 11.7. The molecule has 4 aromatic heterocycles. The van der Waals surface area contributed by atoms with Crippen molar-refractivity contribution in [2.75, 3.05) is 0 Å². The van der Waals surface area contributed by atoms with Crippen molar-refractivity contribution >= 4 is 10.9 Å². The smallest absolute Gasteiger partial charge is 0.418 e. The number of alkyl halides is 3. The molecular weight excluding hydrogens is 509 g/mol. The maximum atomic E-state index is 14.1. The number of pyridine rings is 3. The number of nitrogens with zero attached hydrogens (tertiary/aromatic N) is 4. The van der Waals surface area contributed by atoms with E-state index < -0.39 is 28.8 Å². The van der Waals surface area contributed by atoms with Gasteiger partial charge in [-0.2, -0.15) is 13.2 Å². The molecule has 0 atom stereocenters. The SMILES string of the molecule is Cc1c(Oc2ncc(C(F)(F)F)c(C)c2-c2cc(=O)c3c(-c4ncccn4)nccc3[nH]2)ccc(F)c1F. The monoisotopic (exact) mass is 525 g/mol. The highest BCUT2D eigenvalue weighted by molar-refractivity contribution is 5.92. The number of halogens is 5. The zero-order valence-electron chi connectivity index (χ0n) is 19.7. The number of fused-ring (bicyclic) bond motifs is 1. The molecule has 192 valence electrons. The first kappa shape index (κ1) is 24.9. The number of ether oxygens (including phenoxy) is 1. The predicted octanol–water partition coefficient (Wildman–Crippen LogP) is 6.15. The van der Waals surface area contributed by atoms with Crippen LogP contribution >= 0.6 is 0 Å². The van der Waals surface area contributed by atoms with Gasteiger partial charge in [0, 0.05) is 36.4 Å². The minimum atomic E-state index is -4.76. The fraction of sp³-hybridized carbons (Fsp3) is 0.115. The fourth-order valence-corrected chi connectivity index (χ4v) is 4.03. The van der Waals surface area contributed by atoms with Crippen LogP contribution < -0.4 is 10.2 Å². The van der Waals surface area contributed by atoms with Crippen LogP contribution in [0.15, 0.2) is 59.9 Å². The summed E-state index contributed by atoms with van der Waals surface area (Å²) < 4.78 is 74.7. The number of aromatic nitrogens is 5. The largest absolute Gasteiger partial charge is 0.438 e. The van der Waals surface area contributed by atoms with Gasteiger partial charge in [-0.15, -0.1) is 0 Å². The van der Waals surface area contributed by atoms with Gasteiger partial charge in [-0.25, -0.2) is 23.7 Å². The van der Waals surface area contributed by atoms with Crippen LogP contribution in [0.25, 0.3) is 33.7 Å². The maximum Gasteiger partial charge on any atom is 0.418 e. The second kappa shape index (κ2) is 9.29. The molecule has 5 rings (SSSR count). The second-order valence-corrected chi connectivity index (χ2v) is 8.26. The zero-order chi connectivity index (χ0) is 27.2. The lowest BCUT2D eigenvalue weighted by molar-refractivity contribution is -0.138. The van der Waals surface area contributed by atoms with Gasteiger partial charge in [-0.3, -0.25) is 9.78 Å². The van der Waals surface area contributed by atoms with Gasteiger partial charge in [0.2, 0.25) is 5.88 Å². The van der Waals surface area contributed by atoms with Crippen molar-refractivity contribution in [2.45, 2.75) is 20.0 Å². The van der Waals surface area contributed by atoms with E-state index in [1.807, 2.05) is 0 Å². The lowest BCUT2D eigenvalue weighted by Gasteiger charge is -2.18. The number of benzene rings is 1. The highest BCUT2D eigenvalue weighted by atomic mass is 19.4. The van der Waals surface area contributed by atoms with Crippen LogP contribution in [0, 0.1) is 25.5 Å². The quantitative estimate of drug-likeness (QED) is 0.283. The van der Waals surface area contributed by atoms with Crippen LogP contribution in [0.3, 0.4) is 0 Å². The van der Waals surface area contributed by atoms with Gasteiger partial charge in [-0.05, 0) is 43.7 Å². The van der Waals surface area contributed by atoms with Crippen molar-refractivity contribution in [3.05, 3.63) is 93.7 Å². The molecule has 0 unspecified atom stereocenters. The van der Waals surface area contributed by atoms with Gasteiger partial charge in [0.15, 0.2) is 22.9 Å². The molecular formula is C26H16F5N5O2. The lowest BCUT2D eigenvalue weighted by Crippen LogP contribution is -2.12. The summed E-state index contributed by atoms with van der Waals surface area (Å²) in [5.74, 6) is -2.61. The first-order chi connectivity index (χ1) is 18.1. The standard InChI is InChI=1S/C26H16F5N5O2/c1-12-14(26(29,30)31)11-35-25(38-19-5-4-15(27)22(28)13(19)2)20(12)17-10-18(37)21-16(36-17)6-9-32-23(21)24-33-7-3-8-34-24/h3-11H,1-2H3,(H,36,37). The summed E-state index contributed by atoms with van der Waals surface area (Å²) in [5, 5.41) is 0.124. The van der Waals surface area contributed by atoms with Gasteiger partial charge in [0.1, 0.15) is 11.4 Å². The molecule has 5 aromatic rings. The number of nitrogens with one attached hydrogen (secondary N) is 1. The van der Waals surface area contributed by atoms with E-state index in [2.05, 4.69) is 24.9 Å². The number of aromatic amines is 1. The van der Waals surface area contributed by atoms with E-state index in [1.54, 1.807) is 6.07 Å². The minimum Gasteiger partial charge on any atom is -0.438 e. The summed E-state index contributed by atoms with van der Waals surface area (Å²) >= 11 is 0. The van der Waals surface area contributed by atoms with E-state index in [-0.39, 0.29) is 56.4 Å². The van der Waals surface area contributed by atoms with E-state index in [0.717, 1.165) is 18.2 Å². The third kappa shape index (κ3) is 4.33. The Bertz CT molecular complexity index is 1750. The molecule has 12 heteroatoms. The third-order valence-corrected chi connectivity index (χ3v) is 5.89. The molecule has 0 aliphatic heterocycles. The highest BCUT2D eigenvalue weighted by Crippen LogP contribution is 2.41. The number of hydrogen-bond donors (Lipinski definition) is 1. The van der Waals surface area contributed by atoms with Crippen LogP contribution in [-0.2, 0) is 6.18 Å². The Balaban J connectivity index is 1.75. The van der Waals surface area contributed by atoms with Crippen LogP contribution in [0.2, 0.25) is 0 Å². The van der Waals surface area contributed by atoms with Gasteiger partial charge in [0.25, 0.3) is 0 Å². The van der Waals surface area contributed by atoms with Gasteiger partial charge >= 0.3 is 6.18 Å². The third-order valence-electron chi connectivity index (χ3n) is 5.89. The summed E-state index contributed by atoms with van der Waals surface area (Å²) in [7, 11) is 0. The molecule has 0 aliphatic rings. The Hall–Kier alpha value is -4.74. The summed E-state index contributed by atoms with van der Waals surface area (Å²) in [6, 6.07) is 6.12. The van der Waals surface area contributed by atoms with Crippen LogP contribution in [0.4, 0.5) is 22.0 Å². The van der Waals surface area contributed by atoms with Crippen molar-refractivity contribution in [2.24, 2.45) is 0 Å². The molecule has 38 heavy (non-hydrogen) atoms. The molecule has 0 bridgehead atoms. The Labute approximate surface area is 211 Å². The van der Waals surface area contributed by atoms with Crippen molar-refractivity contribution in [3.63, 3.8) is 0 Å². The molecule has 7 nitrogen and oxygen atoms in total. The van der Waals surface area contributed by atoms with Crippen LogP contribution in [-0.4, -0.2) is 24.9 Å². The molecule has 0 aliphatic carbocycles. The van der Waals surface area contributed by atoms with Crippen LogP contribution in [0.1, 0.15) is 16.7 Å². The lowest BCUT2D eigenvalue weighted by atomic mass is 10.0. The molecule has 0 saturated carbocycles. The van der Waals surface area contributed by atoms with Gasteiger partial charge in [-0.1, -0.05) is 0 Å². The Morgan fingerprint density at radius 3 is 2.37 bits per heavy atom. The topological polar surface area (TPSA) is 93.7 Å². The molecule has 0 radical (unpaired) electrons. The number of rotatable bonds is 4. The van der Waals surface area contributed by atoms with E-state index in [9.17, 15) is 26.7 Å². The Morgan fingerprint density at radius 2 is 1.66 bits per heavy atom. The van der Waals surface area contributed by atoms with Crippen molar-refractivity contribution in [1.29, 1.82) is 0 Å². The summed E-state index contributed by atoms with van der Waals surface area (Å²) in [5.41, 5.74) is -1.93. The molecule has 0 spiro atoms. The van der Waals surface area contributed by atoms with Crippen LogP contribution in [0.5, 0.6) is 11.6 Å². The number of hydrogen-bond acceptors (Lipinski definition) is 6. The van der Waals surface area contributed by atoms with E-state index in [0.29, 0.717) is 6.20 Å². The first-order valence-electron chi connectivity index (χ1n) is 11.0. The summed E-state index contributed by atoms with van der Waals surface area (Å²) in [6.45, 7) is 2.45. The Morgan fingerprint density at radius 1 is 0.921 bits per heavy atom. The maximum absolute atomic E-state index is 14.1. The molecule has 1 N–H and O–H groups in total. The van der Waals surface area contributed by atoms with Crippen molar-refractivity contribution < 1.29 is 26.7 Å². The van der Waals surface area contributed by atoms with Crippen molar-refractivity contribution in [1.82, 2.24) is 24.9 Å². The molecule has 0 saturated heterocycles. The number of H-pyrrole nitrogens is 1. The predicted molar refractivity (Wildman–Crippen MR) is 128 cm³/mol. The van der Waals surface area contributed by atoms with Crippen molar-refractivity contribution in [3.8, 4) is 34.4 Å². The van der Waals surface area contributed by atoms with Gasteiger partial charge in [0.05, 0.1) is 27.7 Å². The molecule has 0 amide bonds. The zero-order valence-corrected chi connectivity index (χ0v) is 19.7. The molecule has 4 heterocycles. The minimum absolute atomic E-state index is 0.0417. The van der Waals surface area contributed by atoms with E-state index in [4.69, 9.17) is 4.74 Å². The van der Waals surface area contributed by atoms with E-state index >= 15 is 0 Å². The summed E-state index contributed by atoms with van der Waals surface area (Å²) in [6.07, 6.45) is 0.172. The Kier molecular flexibility index (Phi) is 6.09. The summed E-state index contributed by atoms with van der Waals surface area (Å²) in [4.78, 5) is 32.5. The molecule has 0 fully saturated rings. The van der Waals surface area contributed by atoms with Gasteiger partial charge < -0.3 is 9.72 Å².